The van der Waals surface area contributed by atoms with Crippen molar-refractivity contribution in [2.75, 3.05) is 14.2 Å². The van der Waals surface area contributed by atoms with Crippen LogP contribution in [0.3, 0.4) is 0 Å². The molecule has 0 aliphatic carbocycles. The fraction of sp³-hybridized carbons (Fsp3) is 1.00. The van der Waals surface area contributed by atoms with Crippen LogP contribution in [0.1, 0.15) is 0 Å². The lowest BCUT2D eigenvalue weighted by atomic mass is 11.8. The fourth-order valence-corrected chi connectivity index (χ4v) is 0.224. The second-order valence-corrected chi connectivity index (χ2v) is 2.66. The average molecular weight is 125 g/mol. The van der Waals surface area contributed by atoms with Gasteiger partial charge in [0.2, 0.25) is 7.15 Å². The molecule has 0 N–H and O–H groups in total. The van der Waals surface area contributed by atoms with Crippen LogP contribution in [0.4, 0.5) is 0 Å². The summed E-state index contributed by atoms with van der Waals surface area (Å²) in [4.78, 5) is 0. The molecule has 2 nitrogen and oxygen atoms in total. The van der Waals surface area contributed by atoms with Gasteiger partial charge in [-0.05, 0) is 11.8 Å². The standard InChI is InChI=1S/C2H6O2PS/c1-3-5(6)4-2/h1-2H3. The van der Waals surface area contributed by atoms with E-state index >= 15 is 0 Å². The third kappa shape index (κ3) is 2.67. The SMILES string of the molecule is CO[P](=S)OC. The molecule has 0 amide bonds. The lowest BCUT2D eigenvalue weighted by molar-refractivity contribution is 0.360. The molecule has 0 fully saturated rings. The Morgan fingerprint density at radius 3 is 1.67 bits per heavy atom. The summed E-state index contributed by atoms with van der Waals surface area (Å²) in [6.45, 7) is 0. The topological polar surface area (TPSA) is 18.5 Å². The summed E-state index contributed by atoms with van der Waals surface area (Å²) < 4.78 is 9.11. The van der Waals surface area contributed by atoms with Gasteiger partial charge in [-0.15, -0.1) is 0 Å². The minimum Gasteiger partial charge on any atom is -0.308 e. The Balaban J connectivity index is 2.99. The Morgan fingerprint density at radius 2 is 1.67 bits per heavy atom. The second kappa shape index (κ2) is 3.62. The predicted molar refractivity (Wildman–Crippen MR) is 28.3 cm³/mol. The molecule has 0 aromatic heterocycles. The highest BCUT2D eigenvalue weighted by Gasteiger charge is 1.79. The molecule has 0 bridgehead atoms. The van der Waals surface area contributed by atoms with Crippen molar-refractivity contribution in [2.45, 2.75) is 0 Å². The lowest BCUT2D eigenvalue weighted by Crippen LogP contribution is -1.66. The quantitative estimate of drug-likeness (QED) is 0.514. The molecule has 0 saturated carbocycles. The molecule has 4 heteroatoms. The zero-order valence-electron chi connectivity index (χ0n) is 3.67. The van der Waals surface area contributed by atoms with Gasteiger partial charge in [-0.3, -0.25) is 0 Å². The highest BCUT2D eigenvalue weighted by molar-refractivity contribution is 8.00. The number of hydrogen-bond acceptors (Lipinski definition) is 3. The van der Waals surface area contributed by atoms with Gasteiger partial charge >= 0.3 is 0 Å². The van der Waals surface area contributed by atoms with E-state index in [1.807, 2.05) is 0 Å². The van der Waals surface area contributed by atoms with E-state index in [1.165, 1.54) is 14.2 Å². The molecule has 0 unspecified atom stereocenters. The van der Waals surface area contributed by atoms with Gasteiger partial charge in [0.05, 0.1) is 0 Å². The van der Waals surface area contributed by atoms with E-state index in [-0.39, 0.29) is 0 Å². The summed E-state index contributed by atoms with van der Waals surface area (Å²) in [6.07, 6.45) is 0. The van der Waals surface area contributed by atoms with Gasteiger partial charge < -0.3 is 9.05 Å². The molecular weight excluding hydrogens is 119 g/mol. The third-order valence-electron chi connectivity index (χ3n) is 0.298. The number of rotatable bonds is 2. The van der Waals surface area contributed by atoms with Crippen molar-refractivity contribution in [3.05, 3.63) is 0 Å². The summed E-state index contributed by atoms with van der Waals surface area (Å²) >= 11 is 4.56. The average Bonchev–Trinajstić information content (AvgIpc) is 1.65. The molecule has 0 aromatic rings. The maximum Gasteiger partial charge on any atom is 0.201 e. The maximum absolute atomic E-state index is 4.56. The van der Waals surface area contributed by atoms with E-state index in [2.05, 4.69) is 20.9 Å². The summed E-state index contributed by atoms with van der Waals surface area (Å²) in [7, 11) is 2.07. The van der Waals surface area contributed by atoms with E-state index < -0.39 is 7.15 Å². The van der Waals surface area contributed by atoms with Crippen LogP contribution in [-0.2, 0) is 20.9 Å². The van der Waals surface area contributed by atoms with Gasteiger partial charge in [-0.2, -0.15) is 0 Å². The monoisotopic (exact) mass is 125 g/mol. The van der Waals surface area contributed by atoms with E-state index in [4.69, 9.17) is 0 Å². The molecule has 37 valence electrons. The van der Waals surface area contributed by atoms with Crippen molar-refractivity contribution in [1.82, 2.24) is 0 Å². The Hall–Kier alpha value is 0.440. The fourth-order valence-electron chi connectivity index (χ4n) is 0.0745. The molecular formula is C2H6O2PS. The van der Waals surface area contributed by atoms with Crippen LogP contribution in [0.25, 0.3) is 0 Å². The second-order valence-electron chi connectivity index (χ2n) is 0.589. The summed E-state index contributed by atoms with van der Waals surface area (Å²) in [5.74, 6) is 0. The van der Waals surface area contributed by atoms with Gasteiger partial charge in [-0.1, -0.05) is 0 Å². The van der Waals surface area contributed by atoms with Gasteiger partial charge in [0.25, 0.3) is 0 Å². The molecule has 0 saturated heterocycles. The molecule has 0 atom stereocenters. The van der Waals surface area contributed by atoms with E-state index in [0.717, 1.165) is 0 Å². The normalized spacial score (nSPS) is 8.33. The third-order valence-corrected chi connectivity index (χ3v) is 1.79. The van der Waals surface area contributed by atoms with Gasteiger partial charge in [-0.25, -0.2) is 0 Å². The van der Waals surface area contributed by atoms with Crippen LogP contribution in [0, 0.1) is 0 Å². The first-order chi connectivity index (χ1) is 2.81. The molecule has 6 heavy (non-hydrogen) atoms. The van der Waals surface area contributed by atoms with Crippen molar-refractivity contribution >= 4 is 19.0 Å². The van der Waals surface area contributed by atoms with Crippen molar-refractivity contribution in [3.8, 4) is 0 Å². The van der Waals surface area contributed by atoms with Gasteiger partial charge in [0.1, 0.15) is 0 Å². The summed E-state index contributed by atoms with van der Waals surface area (Å²) in [5.41, 5.74) is 0. The molecule has 0 rings (SSSR count). The minimum atomic E-state index is -0.993. The van der Waals surface area contributed by atoms with Crippen molar-refractivity contribution in [1.29, 1.82) is 0 Å². The molecule has 0 heterocycles. The minimum absolute atomic E-state index is 0.993. The van der Waals surface area contributed by atoms with Crippen LogP contribution in [-0.4, -0.2) is 14.2 Å². The molecule has 0 aliphatic heterocycles. The Morgan fingerprint density at radius 1 is 1.33 bits per heavy atom. The largest absolute Gasteiger partial charge is 0.308 e. The van der Waals surface area contributed by atoms with Gasteiger partial charge in [0, 0.05) is 14.2 Å². The Labute approximate surface area is 43.0 Å². The van der Waals surface area contributed by atoms with E-state index in [1.54, 1.807) is 0 Å². The van der Waals surface area contributed by atoms with E-state index in [0.29, 0.717) is 0 Å². The van der Waals surface area contributed by atoms with E-state index in [9.17, 15) is 0 Å². The summed E-state index contributed by atoms with van der Waals surface area (Å²) in [6, 6.07) is 0. The molecule has 0 aliphatic rings. The van der Waals surface area contributed by atoms with Crippen molar-refractivity contribution in [3.63, 3.8) is 0 Å². The van der Waals surface area contributed by atoms with Crippen LogP contribution in [0.5, 0.6) is 0 Å². The lowest BCUT2D eigenvalue weighted by Gasteiger charge is -1.90. The number of hydrogen-bond donors (Lipinski definition) is 0. The zero-order chi connectivity index (χ0) is 4.99. The maximum atomic E-state index is 4.56. The Bertz CT molecular complexity index is 49.5. The molecule has 0 aromatic carbocycles. The Kier molecular flexibility index (Phi) is 3.89. The van der Waals surface area contributed by atoms with Crippen LogP contribution in [0.2, 0.25) is 0 Å². The first-order valence-corrected chi connectivity index (χ1v) is 3.56. The molecule has 1 radical (unpaired) electrons. The van der Waals surface area contributed by atoms with Crippen LogP contribution < -0.4 is 0 Å². The van der Waals surface area contributed by atoms with Crippen LogP contribution in [0.15, 0.2) is 0 Å². The summed E-state index contributed by atoms with van der Waals surface area (Å²) in [5, 5.41) is 0. The van der Waals surface area contributed by atoms with Crippen LogP contribution >= 0.6 is 7.15 Å². The first kappa shape index (κ1) is 6.44. The predicted octanol–water partition coefficient (Wildman–Crippen LogP) is 1.05. The molecule has 0 spiro atoms. The zero-order valence-corrected chi connectivity index (χ0v) is 5.38. The van der Waals surface area contributed by atoms with Crippen molar-refractivity contribution in [2.24, 2.45) is 0 Å². The first-order valence-electron chi connectivity index (χ1n) is 1.36. The van der Waals surface area contributed by atoms with Gasteiger partial charge in [0.15, 0.2) is 0 Å². The smallest absolute Gasteiger partial charge is 0.201 e. The highest BCUT2D eigenvalue weighted by Crippen LogP contribution is 2.18. The highest BCUT2D eigenvalue weighted by atomic mass is 32.4. The van der Waals surface area contributed by atoms with Crippen molar-refractivity contribution < 1.29 is 9.05 Å².